The number of benzene rings is 2. The molecule has 25 heavy (non-hydrogen) atoms. The minimum atomic E-state index is -0.0511. The van der Waals surface area contributed by atoms with Crippen LogP contribution in [0.2, 0.25) is 0 Å². The van der Waals surface area contributed by atoms with Crippen LogP contribution in [0.3, 0.4) is 0 Å². The van der Waals surface area contributed by atoms with Crippen LogP contribution in [0.4, 0.5) is 0 Å². The van der Waals surface area contributed by atoms with Crippen molar-refractivity contribution in [2.45, 2.75) is 12.8 Å². The molecule has 1 N–H and O–H groups in total. The lowest BCUT2D eigenvalue weighted by molar-refractivity contribution is 0.220. The molecule has 0 radical (unpaired) electrons. The molecule has 3 aromatic rings. The molecule has 1 saturated heterocycles. The van der Waals surface area contributed by atoms with Crippen molar-refractivity contribution < 1.29 is 9.15 Å². The molecular weight excluding hydrogens is 314 g/mol. The first-order valence-electron chi connectivity index (χ1n) is 8.76. The fraction of sp³-hybridized carbons (Fsp3) is 0.286. The highest BCUT2D eigenvalue weighted by atomic mass is 16.5. The highest BCUT2D eigenvalue weighted by Gasteiger charge is 2.17. The van der Waals surface area contributed by atoms with Crippen LogP contribution in [0.15, 0.2) is 64.0 Å². The molecule has 0 bridgehead atoms. The Morgan fingerprint density at radius 3 is 2.80 bits per heavy atom. The third-order valence-electron chi connectivity index (χ3n) is 4.72. The fourth-order valence-electron chi connectivity index (χ4n) is 3.35. The molecule has 0 spiro atoms. The predicted octanol–water partition coefficient (Wildman–Crippen LogP) is 3.84. The Hall–Kier alpha value is -2.59. The topological polar surface area (TPSA) is 51.5 Å². The van der Waals surface area contributed by atoms with Crippen molar-refractivity contribution in [3.63, 3.8) is 0 Å². The first-order valence-corrected chi connectivity index (χ1v) is 8.76. The van der Waals surface area contributed by atoms with Crippen LogP contribution in [-0.2, 0) is 0 Å². The lowest BCUT2D eigenvalue weighted by Crippen LogP contribution is -2.33. The van der Waals surface area contributed by atoms with Crippen LogP contribution in [0.5, 0.6) is 5.75 Å². The molecule has 4 heteroatoms. The van der Waals surface area contributed by atoms with Crippen LogP contribution in [0.1, 0.15) is 12.8 Å². The molecule has 0 saturated carbocycles. The van der Waals surface area contributed by atoms with Crippen molar-refractivity contribution in [2.24, 2.45) is 5.92 Å². The SMILES string of the molecule is O=c1c(-c2ccccc2)coc2cccc(OCC3CCCNC3)c12. The molecule has 1 aliphatic heterocycles. The molecule has 0 aliphatic carbocycles. The summed E-state index contributed by atoms with van der Waals surface area (Å²) in [5, 5.41) is 3.91. The Balaban J connectivity index is 1.70. The van der Waals surface area contributed by atoms with Crippen LogP contribution in [0, 0.1) is 5.92 Å². The molecular formula is C21H21NO3. The zero-order chi connectivity index (χ0) is 17.1. The fourth-order valence-corrected chi connectivity index (χ4v) is 3.35. The largest absolute Gasteiger partial charge is 0.492 e. The van der Waals surface area contributed by atoms with Gasteiger partial charge < -0.3 is 14.5 Å². The summed E-state index contributed by atoms with van der Waals surface area (Å²) in [5.41, 5.74) is 1.92. The van der Waals surface area contributed by atoms with Gasteiger partial charge in [0.25, 0.3) is 0 Å². The van der Waals surface area contributed by atoms with Gasteiger partial charge in [-0.05, 0) is 37.1 Å². The molecule has 1 fully saturated rings. The number of ether oxygens (including phenoxy) is 1. The maximum atomic E-state index is 13.0. The van der Waals surface area contributed by atoms with Gasteiger partial charge in [-0.2, -0.15) is 0 Å². The van der Waals surface area contributed by atoms with E-state index in [1.165, 1.54) is 12.7 Å². The second-order valence-corrected chi connectivity index (χ2v) is 6.50. The van der Waals surface area contributed by atoms with Crippen molar-refractivity contribution in [3.8, 4) is 16.9 Å². The van der Waals surface area contributed by atoms with E-state index in [0.717, 1.165) is 25.1 Å². The van der Waals surface area contributed by atoms with Gasteiger partial charge in [-0.25, -0.2) is 0 Å². The van der Waals surface area contributed by atoms with E-state index >= 15 is 0 Å². The summed E-state index contributed by atoms with van der Waals surface area (Å²) in [5.74, 6) is 1.09. The third kappa shape index (κ3) is 3.30. The molecule has 4 rings (SSSR count). The zero-order valence-corrected chi connectivity index (χ0v) is 14.0. The Kier molecular flexibility index (Phi) is 4.53. The highest BCUT2D eigenvalue weighted by molar-refractivity contribution is 5.87. The van der Waals surface area contributed by atoms with E-state index < -0.39 is 0 Å². The highest BCUT2D eigenvalue weighted by Crippen LogP contribution is 2.27. The van der Waals surface area contributed by atoms with Crippen molar-refractivity contribution in [2.75, 3.05) is 19.7 Å². The lowest BCUT2D eigenvalue weighted by atomic mass is 10.0. The van der Waals surface area contributed by atoms with E-state index in [2.05, 4.69) is 5.32 Å². The third-order valence-corrected chi connectivity index (χ3v) is 4.72. The second-order valence-electron chi connectivity index (χ2n) is 6.50. The summed E-state index contributed by atoms with van der Waals surface area (Å²) in [6, 6.07) is 15.1. The van der Waals surface area contributed by atoms with Crippen molar-refractivity contribution in [1.82, 2.24) is 5.32 Å². The number of piperidine rings is 1. The second kappa shape index (κ2) is 7.11. The van der Waals surface area contributed by atoms with E-state index in [1.807, 2.05) is 42.5 Å². The maximum Gasteiger partial charge on any atom is 0.204 e. The predicted molar refractivity (Wildman–Crippen MR) is 99.0 cm³/mol. The molecule has 4 nitrogen and oxygen atoms in total. The van der Waals surface area contributed by atoms with E-state index in [0.29, 0.717) is 34.8 Å². The normalized spacial score (nSPS) is 17.5. The smallest absolute Gasteiger partial charge is 0.204 e. The van der Waals surface area contributed by atoms with Gasteiger partial charge in [-0.15, -0.1) is 0 Å². The van der Waals surface area contributed by atoms with Crippen LogP contribution >= 0.6 is 0 Å². The van der Waals surface area contributed by atoms with Gasteiger partial charge in [0.05, 0.1) is 12.2 Å². The molecule has 2 aromatic carbocycles. The average molecular weight is 335 g/mol. The van der Waals surface area contributed by atoms with Gasteiger partial charge in [0.1, 0.15) is 23.0 Å². The van der Waals surface area contributed by atoms with Crippen molar-refractivity contribution in [1.29, 1.82) is 0 Å². The quantitative estimate of drug-likeness (QED) is 0.787. The molecule has 1 aromatic heterocycles. The van der Waals surface area contributed by atoms with Crippen molar-refractivity contribution in [3.05, 3.63) is 65.0 Å². The molecule has 2 heterocycles. The summed E-state index contributed by atoms with van der Waals surface area (Å²) in [4.78, 5) is 13.0. The van der Waals surface area contributed by atoms with Gasteiger partial charge in [-0.1, -0.05) is 36.4 Å². The first-order chi connectivity index (χ1) is 12.3. The van der Waals surface area contributed by atoms with Crippen LogP contribution in [-0.4, -0.2) is 19.7 Å². The summed E-state index contributed by atoms with van der Waals surface area (Å²) < 4.78 is 11.7. The Labute approximate surface area is 146 Å². The first kappa shape index (κ1) is 15.9. The minimum absolute atomic E-state index is 0.0511. The number of fused-ring (bicyclic) bond motifs is 1. The molecule has 0 amide bonds. The van der Waals surface area contributed by atoms with Gasteiger partial charge in [0, 0.05) is 12.5 Å². The van der Waals surface area contributed by atoms with Gasteiger partial charge in [-0.3, -0.25) is 4.79 Å². The molecule has 1 unspecified atom stereocenters. The van der Waals surface area contributed by atoms with Crippen LogP contribution < -0.4 is 15.5 Å². The average Bonchev–Trinajstić information content (AvgIpc) is 2.68. The van der Waals surface area contributed by atoms with E-state index in [1.54, 1.807) is 6.07 Å². The van der Waals surface area contributed by atoms with Gasteiger partial charge in [0.15, 0.2) is 0 Å². The summed E-state index contributed by atoms with van der Waals surface area (Å²) >= 11 is 0. The number of hydrogen-bond acceptors (Lipinski definition) is 4. The maximum absolute atomic E-state index is 13.0. The van der Waals surface area contributed by atoms with E-state index in [4.69, 9.17) is 9.15 Å². The van der Waals surface area contributed by atoms with Gasteiger partial charge >= 0.3 is 0 Å². The summed E-state index contributed by atoms with van der Waals surface area (Å²) in [7, 11) is 0. The van der Waals surface area contributed by atoms with E-state index in [-0.39, 0.29) is 5.43 Å². The molecule has 1 atom stereocenters. The minimum Gasteiger partial charge on any atom is -0.492 e. The van der Waals surface area contributed by atoms with Gasteiger partial charge in [0.2, 0.25) is 5.43 Å². The molecule has 1 aliphatic rings. The number of hydrogen-bond donors (Lipinski definition) is 1. The van der Waals surface area contributed by atoms with E-state index in [9.17, 15) is 4.79 Å². The number of nitrogens with one attached hydrogen (secondary N) is 1. The van der Waals surface area contributed by atoms with Crippen LogP contribution in [0.25, 0.3) is 22.1 Å². The molecule has 128 valence electrons. The monoisotopic (exact) mass is 335 g/mol. The Bertz CT molecular complexity index is 911. The standard InChI is InChI=1S/C21H21NO3/c23-21-17(16-7-2-1-3-8-16)14-25-19-10-4-9-18(20(19)21)24-13-15-6-5-11-22-12-15/h1-4,7-10,14-15,22H,5-6,11-13H2. The van der Waals surface area contributed by atoms with Crippen molar-refractivity contribution >= 4 is 11.0 Å². The zero-order valence-electron chi connectivity index (χ0n) is 14.0. The lowest BCUT2D eigenvalue weighted by Gasteiger charge is -2.23. The Morgan fingerprint density at radius 1 is 1.12 bits per heavy atom. The summed E-state index contributed by atoms with van der Waals surface area (Å²) in [6.45, 7) is 2.66. The summed E-state index contributed by atoms with van der Waals surface area (Å²) in [6.07, 6.45) is 3.86. The number of rotatable bonds is 4. The Morgan fingerprint density at radius 2 is 2.00 bits per heavy atom.